The standard InChI is InChI=1S/C32H36S2/c1-5-29(17-9-13-27(3)21-23-31-19-11-25-33-31)15-7-8-16-30(6-2)18-10-14-28(4)22-24-32-20-12-26-34-32/h7-26H,5-6H2,1-4H3/b8-7+,17-9+,18-10+,23-21+,24-22+,27-13+,28-14+,29-15+,30-16+. The fourth-order valence-electron chi connectivity index (χ4n) is 2.90. The summed E-state index contributed by atoms with van der Waals surface area (Å²) >= 11 is 3.51. The Morgan fingerprint density at radius 2 is 1.06 bits per heavy atom. The Morgan fingerprint density at radius 3 is 1.41 bits per heavy atom. The Morgan fingerprint density at radius 1 is 0.618 bits per heavy atom. The lowest BCUT2D eigenvalue weighted by Crippen LogP contribution is -1.75. The third kappa shape index (κ3) is 11.8. The van der Waals surface area contributed by atoms with Gasteiger partial charge in [-0.25, -0.2) is 0 Å². The molecule has 0 fully saturated rings. The molecule has 0 saturated heterocycles. The predicted molar refractivity (Wildman–Crippen MR) is 158 cm³/mol. The number of thiophene rings is 2. The van der Waals surface area contributed by atoms with Gasteiger partial charge in [0.2, 0.25) is 0 Å². The van der Waals surface area contributed by atoms with Crippen LogP contribution in [0, 0.1) is 0 Å². The van der Waals surface area contributed by atoms with Crippen molar-refractivity contribution in [3.8, 4) is 0 Å². The molecule has 0 spiro atoms. The van der Waals surface area contributed by atoms with Crippen LogP contribution < -0.4 is 0 Å². The van der Waals surface area contributed by atoms with Gasteiger partial charge in [0.1, 0.15) is 0 Å². The van der Waals surface area contributed by atoms with Crippen LogP contribution in [0.5, 0.6) is 0 Å². The topological polar surface area (TPSA) is 0 Å². The molecule has 0 radical (unpaired) electrons. The molecule has 0 amide bonds. The van der Waals surface area contributed by atoms with Crippen LogP contribution in [0.25, 0.3) is 12.2 Å². The molecule has 0 nitrogen and oxygen atoms in total. The fourth-order valence-corrected chi connectivity index (χ4v) is 4.13. The van der Waals surface area contributed by atoms with Gasteiger partial charge in [0.25, 0.3) is 0 Å². The van der Waals surface area contributed by atoms with Crippen LogP contribution in [-0.4, -0.2) is 0 Å². The Kier molecular flexibility index (Phi) is 13.4. The van der Waals surface area contributed by atoms with Crippen molar-refractivity contribution in [3.63, 3.8) is 0 Å². The summed E-state index contributed by atoms with van der Waals surface area (Å²) in [5, 5.41) is 4.20. The lowest BCUT2D eigenvalue weighted by Gasteiger charge is -1.95. The highest BCUT2D eigenvalue weighted by molar-refractivity contribution is 7.11. The summed E-state index contributed by atoms with van der Waals surface area (Å²) in [5.74, 6) is 0. The van der Waals surface area contributed by atoms with Crippen molar-refractivity contribution >= 4 is 34.8 Å². The first-order chi connectivity index (χ1) is 16.6. The molecule has 0 aliphatic rings. The average Bonchev–Trinajstić information content (AvgIpc) is 3.56. The number of hydrogen-bond acceptors (Lipinski definition) is 2. The Hall–Kier alpha value is -2.94. The van der Waals surface area contributed by atoms with E-state index in [4.69, 9.17) is 0 Å². The van der Waals surface area contributed by atoms with Crippen LogP contribution >= 0.6 is 22.7 Å². The van der Waals surface area contributed by atoms with Gasteiger partial charge in [0.05, 0.1) is 0 Å². The van der Waals surface area contributed by atoms with E-state index in [0.29, 0.717) is 0 Å². The Balaban J connectivity index is 1.90. The number of allylic oxidation sites excluding steroid dienone is 16. The van der Waals surface area contributed by atoms with Gasteiger partial charge in [-0.2, -0.15) is 0 Å². The lowest BCUT2D eigenvalue weighted by molar-refractivity contribution is 1.15. The van der Waals surface area contributed by atoms with Gasteiger partial charge in [-0.05, 0) is 72.9 Å². The minimum absolute atomic E-state index is 1.01. The first-order valence-electron chi connectivity index (χ1n) is 11.8. The second-order valence-corrected chi connectivity index (χ2v) is 9.77. The molecule has 176 valence electrons. The highest BCUT2D eigenvalue weighted by atomic mass is 32.1. The summed E-state index contributed by atoms with van der Waals surface area (Å²) in [4.78, 5) is 2.56. The highest BCUT2D eigenvalue weighted by Crippen LogP contribution is 2.13. The first-order valence-corrected chi connectivity index (χ1v) is 13.6. The fraction of sp³-hybridized carbons (Fsp3) is 0.188. The Bertz CT molecular complexity index is 1010. The summed E-state index contributed by atoms with van der Waals surface area (Å²) < 4.78 is 0. The van der Waals surface area contributed by atoms with E-state index in [1.54, 1.807) is 22.7 Å². The van der Waals surface area contributed by atoms with Crippen LogP contribution in [0.2, 0.25) is 0 Å². The molecule has 0 saturated carbocycles. The van der Waals surface area contributed by atoms with E-state index in [9.17, 15) is 0 Å². The summed E-state index contributed by atoms with van der Waals surface area (Å²) in [5.41, 5.74) is 5.09. The van der Waals surface area contributed by atoms with Gasteiger partial charge < -0.3 is 0 Å². The minimum atomic E-state index is 1.01. The third-order valence-corrected chi connectivity index (χ3v) is 6.67. The van der Waals surface area contributed by atoms with Crippen LogP contribution in [0.1, 0.15) is 50.3 Å². The normalized spacial score (nSPS) is 14.8. The molecule has 0 atom stereocenters. The zero-order valence-electron chi connectivity index (χ0n) is 20.8. The van der Waals surface area contributed by atoms with Crippen molar-refractivity contribution in [1.82, 2.24) is 0 Å². The van der Waals surface area contributed by atoms with Crippen LogP contribution in [-0.2, 0) is 0 Å². The zero-order chi connectivity index (χ0) is 24.4. The number of rotatable bonds is 12. The number of hydrogen-bond donors (Lipinski definition) is 0. The SMILES string of the molecule is CCC(/C=C/C=C(C)/C=C/c1cccs1)=C\C=C\C=C(\C=C\C=C(C)\C=C\c1cccs1)CC. The van der Waals surface area contributed by atoms with E-state index in [0.717, 1.165) is 12.8 Å². The van der Waals surface area contributed by atoms with Crippen molar-refractivity contribution in [2.24, 2.45) is 0 Å². The quantitative estimate of drug-likeness (QED) is 0.263. The van der Waals surface area contributed by atoms with Crippen molar-refractivity contribution < 1.29 is 0 Å². The molecule has 0 aromatic carbocycles. The van der Waals surface area contributed by atoms with E-state index in [-0.39, 0.29) is 0 Å². The van der Waals surface area contributed by atoms with Gasteiger partial charge in [0.15, 0.2) is 0 Å². The molecule has 2 heteroatoms. The first kappa shape index (κ1) is 27.3. The van der Waals surface area contributed by atoms with Crippen molar-refractivity contribution in [2.75, 3.05) is 0 Å². The highest BCUT2D eigenvalue weighted by Gasteiger charge is 1.89. The molecule has 2 aromatic rings. The summed E-state index contributed by atoms with van der Waals surface area (Å²) in [6.45, 7) is 8.64. The van der Waals surface area contributed by atoms with Gasteiger partial charge in [-0.1, -0.05) is 110 Å². The average molecular weight is 485 g/mol. The second kappa shape index (κ2) is 16.6. The van der Waals surface area contributed by atoms with E-state index in [2.05, 4.69) is 148 Å². The minimum Gasteiger partial charge on any atom is -0.144 e. The molecule has 0 aliphatic heterocycles. The Labute approximate surface area is 214 Å². The molecule has 0 N–H and O–H groups in total. The monoisotopic (exact) mass is 484 g/mol. The van der Waals surface area contributed by atoms with Crippen LogP contribution in [0.4, 0.5) is 0 Å². The maximum absolute atomic E-state index is 2.19. The molecule has 0 aliphatic carbocycles. The molecule has 2 heterocycles. The van der Waals surface area contributed by atoms with Crippen LogP contribution in [0.3, 0.4) is 0 Å². The lowest BCUT2D eigenvalue weighted by atomic mass is 10.1. The van der Waals surface area contributed by atoms with Crippen molar-refractivity contribution in [2.45, 2.75) is 40.5 Å². The maximum atomic E-state index is 2.19. The predicted octanol–water partition coefficient (Wildman–Crippen LogP) is 10.8. The van der Waals surface area contributed by atoms with E-state index >= 15 is 0 Å². The molecular weight excluding hydrogens is 448 g/mol. The van der Waals surface area contributed by atoms with Gasteiger partial charge in [-0.15, -0.1) is 22.7 Å². The molecule has 0 bridgehead atoms. The summed E-state index contributed by atoms with van der Waals surface area (Å²) in [6, 6.07) is 8.42. The molecular formula is C32H36S2. The van der Waals surface area contributed by atoms with E-state index in [1.807, 2.05) is 0 Å². The summed E-state index contributed by atoms with van der Waals surface area (Å²) in [6.07, 6.45) is 32.2. The largest absolute Gasteiger partial charge is 0.144 e. The van der Waals surface area contributed by atoms with Crippen LogP contribution in [0.15, 0.2) is 130 Å². The van der Waals surface area contributed by atoms with E-state index < -0.39 is 0 Å². The van der Waals surface area contributed by atoms with Crippen molar-refractivity contribution in [3.05, 3.63) is 140 Å². The maximum Gasteiger partial charge on any atom is 0.0270 e. The molecule has 0 unspecified atom stereocenters. The molecule has 2 rings (SSSR count). The smallest absolute Gasteiger partial charge is 0.0270 e. The summed E-state index contributed by atoms with van der Waals surface area (Å²) in [7, 11) is 0. The zero-order valence-corrected chi connectivity index (χ0v) is 22.4. The second-order valence-electron chi connectivity index (χ2n) is 7.81. The van der Waals surface area contributed by atoms with Gasteiger partial charge >= 0.3 is 0 Å². The van der Waals surface area contributed by atoms with Gasteiger partial charge in [-0.3, -0.25) is 0 Å². The molecule has 34 heavy (non-hydrogen) atoms. The van der Waals surface area contributed by atoms with E-state index in [1.165, 1.54) is 32.0 Å². The molecule has 2 aromatic heterocycles. The van der Waals surface area contributed by atoms with Gasteiger partial charge in [0, 0.05) is 9.75 Å². The van der Waals surface area contributed by atoms with Crippen molar-refractivity contribution in [1.29, 1.82) is 0 Å². The third-order valence-electron chi connectivity index (χ3n) is 4.99.